The molecule has 1 fully saturated rings. The predicted molar refractivity (Wildman–Crippen MR) is 39.1 cm³/mol. The van der Waals surface area contributed by atoms with Crippen molar-refractivity contribution in [1.29, 1.82) is 0 Å². The topological polar surface area (TPSA) is 41.8 Å². The van der Waals surface area contributed by atoms with Gasteiger partial charge in [0.05, 0.1) is 0 Å². The number of nitrogens with zero attached hydrogens (tertiary/aromatic N) is 1. The Balaban J connectivity index is 2.55. The molecule has 3 unspecified atom stereocenters. The lowest BCUT2D eigenvalue weighted by Crippen LogP contribution is -2.16. The third kappa shape index (κ3) is 0.859. The van der Waals surface area contributed by atoms with E-state index in [4.69, 9.17) is 4.74 Å². The lowest BCUT2D eigenvalue weighted by Gasteiger charge is -2.04. The molecule has 0 saturated heterocycles. The van der Waals surface area contributed by atoms with Crippen LogP contribution in [-0.4, -0.2) is 30.3 Å². The van der Waals surface area contributed by atoms with E-state index >= 15 is 0 Å². The largest absolute Gasteiger partial charge is 0.363 e. The molecular weight excluding hydrogens is 130 g/mol. The fraction of sp³-hybridized carbons (Fsp3) is 0.857. The van der Waals surface area contributed by atoms with E-state index in [1.807, 2.05) is 13.8 Å². The zero-order valence-corrected chi connectivity index (χ0v) is 6.53. The molecule has 0 aromatic carbocycles. The number of hydrogen-bond donors (Lipinski definition) is 1. The number of rotatable bonds is 2. The monoisotopic (exact) mass is 143 g/mol. The Morgan fingerprint density at radius 3 is 2.60 bits per heavy atom. The third-order valence-corrected chi connectivity index (χ3v) is 2.08. The zero-order chi connectivity index (χ0) is 7.78. The van der Waals surface area contributed by atoms with Crippen molar-refractivity contribution < 1.29 is 9.84 Å². The van der Waals surface area contributed by atoms with E-state index in [9.17, 15) is 5.11 Å². The first-order valence-electron chi connectivity index (χ1n) is 3.42. The highest BCUT2D eigenvalue weighted by Gasteiger charge is 2.62. The minimum Gasteiger partial charge on any atom is -0.363 e. The molecule has 0 aromatic rings. The summed E-state index contributed by atoms with van der Waals surface area (Å²) in [5, 5.41) is 9.46. The van der Waals surface area contributed by atoms with Gasteiger partial charge in [0.15, 0.2) is 5.79 Å². The Bertz CT molecular complexity index is 158. The lowest BCUT2D eigenvalue weighted by atomic mass is 10.5. The minimum atomic E-state index is -0.980. The first-order chi connectivity index (χ1) is 4.66. The minimum absolute atomic E-state index is 0.0532. The highest BCUT2D eigenvalue weighted by Crippen LogP contribution is 2.46. The maximum atomic E-state index is 9.46. The molecule has 1 aliphatic carbocycles. The number of methoxy groups -OCH3 is 1. The number of aliphatic imine (C=N–C) groups is 1. The van der Waals surface area contributed by atoms with Crippen molar-refractivity contribution in [3.8, 4) is 0 Å². The van der Waals surface area contributed by atoms with Gasteiger partial charge in [-0.1, -0.05) is 6.92 Å². The Morgan fingerprint density at radius 1 is 1.70 bits per heavy atom. The van der Waals surface area contributed by atoms with Crippen LogP contribution in [0.2, 0.25) is 0 Å². The maximum absolute atomic E-state index is 9.46. The van der Waals surface area contributed by atoms with Gasteiger partial charge in [-0.3, -0.25) is 4.99 Å². The van der Waals surface area contributed by atoms with Crippen LogP contribution in [0.3, 0.4) is 0 Å². The summed E-state index contributed by atoms with van der Waals surface area (Å²) in [6, 6.07) is -0.0532. The molecular formula is C7H13NO2. The van der Waals surface area contributed by atoms with E-state index in [1.165, 1.54) is 7.11 Å². The van der Waals surface area contributed by atoms with E-state index in [2.05, 4.69) is 4.99 Å². The molecule has 10 heavy (non-hydrogen) atoms. The Morgan fingerprint density at radius 2 is 2.30 bits per heavy atom. The van der Waals surface area contributed by atoms with Gasteiger partial charge in [-0.15, -0.1) is 0 Å². The predicted octanol–water partition coefficient (Wildman–Crippen LogP) is 0.430. The van der Waals surface area contributed by atoms with Crippen LogP contribution in [0, 0.1) is 5.92 Å². The van der Waals surface area contributed by atoms with Crippen molar-refractivity contribution in [2.45, 2.75) is 25.7 Å². The normalized spacial score (nSPS) is 46.4. The molecule has 0 radical (unpaired) electrons. The van der Waals surface area contributed by atoms with Gasteiger partial charge in [-0.05, 0) is 13.1 Å². The van der Waals surface area contributed by atoms with Gasteiger partial charge in [-0.2, -0.15) is 0 Å². The zero-order valence-electron chi connectivity index (χ0n) is 6.53. The molecule has 1 aliphatic rings. The van der Waals surface area contributed by atoms with Crippen LogP contribution >= 0.6 is 0 Å². The van der Waals surface area contributed by atoms with Gasteiger partial charge in [0.2, 0.25) is 0 Å². The van der Waals surface area contributed by atoms with Crippen molar-refractivity contribution in [2.75, 3.05) is 7.11 Å². The Kier molecular flexibility index (Phi) is 1.79. The van der Waals surface area contributed by atoms with Crippen molar-refractivity contribution in [2.24, 2.45) is 10.9 Å². The maximum Gasteiger partial charge on any atom is 0.193 e. The van der Waals surface area contributed by atoms with Crippen LogP contribution in [-0.2, 0) is 4.74 Å². The van der Waals surface area contributed by atoms with Crippen molar-refractivity contribution in [3.05, 3.63) is 0 Å². The summed E-state index contributed by atoms with van der Waals surface area (Å²) in [6.07, 6.45) is 1.69. The smallest absolute Gasteiger partial charge is 0.193 e. The van der Waals surface area contributed by atoms with E-state index in [0.29, 0.717) is 0 Å². The Hall–Kier alpha value is -0.410. The van der Waals surface area contributed by atoms with Gasteiger partial charge in [0.1, 0.15) is 6.04 Å². The highest BCUT2D eigenvalue weighted by molar-refractivity contribution is 5.54. The van der Waals surface area contributed by atoms with Crippen LogP contribution in [0.1, 0.15) is 13.8 Å². The molecule has 0 bridgehead atoms. The standard InChI is InChI=1S/C7H13NO2/c1-4-8-6-5(2)7(6,9)10-3/h4-6,9H,1-3H3. The first kappa shape index (κ1) is 7.69. The molecule has 0 aromatic heterocycles. The summed E-state index contributed by atoms with van der Waals surface area (Å²) in [4.78, 5) is 4.04. The van der Waals surface area contributed by atoms with Crippen LogP contribution in [0.25, 0.3) is 0 Å². The highest BCUT2D eigenvalue weighted by atomic mass is 16.6. The first-order valence-corrected chi connectivity index (χ1v) is 3.42. The third-order valence-electron chi connectivity index (χ3n) is 2.08. The summed E-state index contributed by atoms with van der Waals surface area (Å²) < 4.78 is 4.87. The second-order valence-corrected chi connectivity index (χ2v) is 2.60. The summed E-state index contributed by atoms with van der Waals surface area (Å²) >= 11 is 0. The second kappa shape index (κ2) is 2.32. The molecule has 3 atom stereocenters. The summed E-state index contributed by atoms with van der Waals surface area (Å²) in [6.45, 7) is 3.75. The molecule has 0 heterocycles. The van der Waals surface area contributed by atoms with Crippen LogP contribution in [0.4, 0.5) is 0 Å². The number of ether oxygens (including phenoxy) is 1. The average molecular weight is 143 g/mol. The quantitative estimate of drug-likeness (QED) is 0.450. The fourth-order valence-corrected chi connectivity index (χ4v) is 1.19. The molecule has 0 aliphatic heterocycles. The van der Waals surface area contributed by atoms with Gasteiger partial charge in [0.25, 0.3) is 0 Å². The summed E-state index contributed by atoms with van der Waals surface area (Å²) in [7, 11) is 1.50. The van der Waals surface area contributed by atoms with Gasteiger partial charge in [0, 0.05) is 13.0 Å². The Labute approximate surface area is 60.7 Å². The van der Waals surface area contributed by atoms with Crippen LogP contribution in [0.5, 0.6) is 0 Å². The summed E-state index contributed by atoms with van der Waals surface area (Å²) in [5.41, 5.74) is 0. The van der Waals surface area contributed by atoms with Gasteiger partial charge in [-0.25, -0.2) is 0 Å². The van der Waals surface area contributed by atoms with Crippen molar-refractivity contribution in [1.82, 2.24) is 0 Å². The molecule has 3 heteroatoms. The van der Waals surface area contributed by atoms with Crippen molar-refractivity contribution >= 4 is 6.21 Å². The number of hydrogen-bond acceptors (Lipinski definition) is 3. The summed E-state index contributed by atoms with van der Waals surface area (Å²) in [5.74, 6) is -0.847. The fourth-order valence-electron chi connectivity index (χ4n) is 1.19. The van der Waals surface area contributed by atoms with Crippen LogP contribution in [0.15, 0.2) is 4.99 Å². The lowest BCUT2D eigenvalue weighted by molar-refractivity contribution is -0.115. The molecule has 1 saturated carbocycles. The molecule has 0 spiro atoms. The van der Waals surface area contributed by atoms with E-state index in [0.717, 1.165) is 0 Å². The molecule has 0 amide bonds. The van der Waals surface area contributed by atoms with Crippen LogP contribution < -0.4 is 0 Å². The molecule has 1 N–H and O–H groups in total. The number of aliphatic hydroxyl groups is 1. The van der Waals surface area contributed by atoms with E-state index in [1.54, 1.807) is 6.21 Å². The van der Waals surface area contributed by atoms with E-state index in [-0.39, 0.29) is 12.0 Å². The van der Waals surface area contributed by atoms with Gasteiger partial charge < -0.3 is 9.84 Å². The van der Waals surface area contributed by atoms with E-state index < -0.39 is 5.79 Å². The molecule has 58 valence electrons. The van der Waals surface area contributed by atoms with Crippen molar-refractivity contribution in [3.63, 3.8) is 0 Å². The molecule has 1 rings (SSSR count). The SMILES string of the molecule is CC=NC1C(C)C1(O)OC. The van der Waals surface area contributed by atoms with Gasteiger partial charge >= 0.3 is 0 Å². The molecule has 3 nitrogen and oxygen atoms in total. The second-order valence-electron chi connectivity index (χ2n) is 2.60. The average Bonchev–Trinajstić information content (AvgIpc) is 2.43.